The normalized spacial score (nSPS) is 14.4. The van der Waals surface area contributed by atoms with Gasteiger partial charge in [0.05, 0.1) is 18.8 Å². The average molecular weight is 403 g/mol. The zero-order valence-electron chi connectivity index (χ0n) is 17.1. The van der Waals surface area contributed by atoms with Gasteiger partial charge in [-0.15, -0.1) is 11.3 Å². The summed E-state index contributed by atoms with van der Waals surface area (Å²) in [6, 6.07) is 6.11. The molecule has 0 atom stereocenters. The predicted octanol–water partition coefficient (Wildman–Crippen LogP) is 4.50. The van der Waals surface area contributed by atoms with E-state index < -0.39 is 0 Å². The molecule has 0 bridgehead atoms. The fourth-order valence-corrected chi connectivity index (χ4v) is 4.23. The van der Waals surface area contributed by atoms with Crippen molar-refractivity contribution >= 4 is 17.2 Å². The maximum absolute atomic E-state index is 12.9. The third-order valence-electron chi connectivity index (χ3n) is 5.37. The van der Waals surface area contributed by atoms with Gasteiger partial charge >= 0.3 is 0 Å². The Morgan fingerprint density at radius 1 is 1.25 bits per heavy atom. The van der Waals surface area contributed by atoms with Crippen LogP contribution < -0.4 is 4.74 Å². The molecular weight excluding hydrogens is 372 g/mol. The van der Waals surface area contributed by atoms with Gasteiger partial charge in [0.15, 0.2) is 0 Å². The number of aromatic nitrogens is 1. The lowest BCUT2D eigenvalue weighted by atomic mass is 10.1. The van der Waals surface area contributed by atoms with Crippen molar-refractivity contribution in [2.24, 2.45) is 5.92 Å². The number of ether oxygens (including phenoxy) is 2. The lowest BCUT2D eigenvalue weighted by Crippen LogP contribution is -2.37. The summed E-state index contributed by atoms with van der Waals surface area (Å²) in [4.78, 5) is 19.4. The fourth-order valence-electron chi connectivity index (χ4n) is 3.53. The standard InChI is InChI=1S/C22H30N2O3S/c1-16-8-9-20(12-17(16)2)27-14-21-23-19(15-28-21)13-24(10-11-26-3)22(25)18-6-4-5-7-18/h8-9,12,15,18H,4-7,10-11,13-14H2,1-3H3. The Morgan fingerprint density at radius 2 is 2.04 bits per heavy atom. The summed E-state index contributed by atoms with van der Waals surface area (Å²) >= 11 is 1.58. The van der Waals surface area contributed by atoms with Crippen molar-refractivity contribution in [2.75, 3.05) is 20.3 Å². The van der Waals surface area contributed by atoms with Gasteiger partial charge in [0, 0.05) is 25.0 Å². The second kappa shape index (κ2) is 10.0. The third-order valence-corrected chi connectivity index (χ3v) is 6.25. The Kier molecular flexibility index (Phi) is 7.45. The number of rotatable bonds is 9. The predicted molar refractivity (Wildman–Crippen MR) is 112 cm³/mol. The molecule has 152 valence electrons. The number of carbonyl (C=O) groups excluding carboxylic acids is 1. The number of hydrogen-bond donors (Lipinski definition) is 0. The molecule has 0 unspecified atom stereocenters. The van der Waals surface area contributed by atoms with E-state index in [4.69, 9.17) is 9.47 Å². The van der Waals surface area contributed by atoms with E-state index in [-0.39, 0.29) is 11.8 Å². The number of amides is 1. The molecule has 5 nitrogen and oxygen atoms in total. The van der Waals surface area contributed by atoms with Crippen LogP contribution in [-0.4, -0.2) is 36.1 Å². The van der Waals surface area contributed by atoms with Gasteiger partial charge in [0.1, 0.15) is 17.4 Å². The summed E-state index contributed by atoms with van der Waals surface area (Å²) < 4.78 is 11.1. The summed E-state index contributed by atoms with van der Waals surface area (Å²) in [6.07, 6.45) is 4.33. The summed E-state index contributed by atoms with van der Waals surface area (Å²) in [5.74, 6) is 1.27. The fraction of sp³-hybridized carbons (Fsp3) is 0.545. The summed E-state index contributed by atoms with van der Waals surface area (Å²) in [6.45, 7) is 6.32. The molecule has 1 aliphatic carbocycles. The SMILES string of the molecule is COCCN(Cc1csc(COc2ccc(C)c(C)c2)n1)C(=O)C1CCCC1. The molecule has 0 N–H and O–H groups in total. The summed E-state index contributed by atoms with van der Waals surface area (Å²) in [5.41, 5.74) is 3.40. The minimum Gasteiger partial charge on any atom is -0.486 e. The number of thiazole rings is 1. The van der Waals surface area contributed by atoms with Crippen LogP contribution in [0.3, 0.4) is 0 Å². The second-order valence-corrected chi connectivity index (χ2v) is 8.44. The van der Waals surface area contributed by atoms with Crippen LogP contribution in [0.15, 0.2) is 23.6 Å². The number of hydrogen-bond acceptors (Lipinski definition) is 5. The number of aryl methyl sites for hydroxylation is 2. The lowest BCUT2D eigenvalue weighted by molar-refractivity contribution is -0.136. The molecule has 2 aromatic rings. The van der Waals surface area contributed by atoms with Crippen molar-refractivity contribution in [3.8, 4) is 5.75 Å². The molecule has 28 heavy (non-hydrogen) atoms. The van der Waals surface area contributed by atoms with Crippen LogP contribution in [-0.2, 0) is 22.7 Å². The molecule has 0 saturated heterocycles. The van der Waals surface area contributed by atoms with E-state index in [1.54, 1.807) is 18.4 Å². The topological polar surface area (TPSA) is 51.7 Å². The highest BCUT2D eigenvalue weighted by Crippen LogP contribution is 2.27. The Morgan fingerprint density at radius 3 is 2.75 bits per heavy atom. The lowest BCUT2D eigenvalue weighted by Gasteiger charge is -2.24. The molecular formula is C22H30N2O3S. The van der Waals surface area contributed by atoms with E-state index in [0.29, 0.717) is 26.3 Å². The van der Waals surface area contributed by atoms with Gasteiger partial charge in [-0.25, -0.2) is 4.98 Å². The molecule has 0 radical (unpaired) electrons. The van der Waals surface area contributed by atoms with Crippen LogP contribution in [0.4, 0.5) is 0 Å². The molecule has 3 rings (SSSR count). The minimum atomic E-state index is 0.170. The largest absolute Gasteiger partial charge is 0.486 e. The first-order valence-electron chi connectivity index (χ1n) is 9.98. The smallest absolute Gasteiger partial charge is 0.226 e. The van der Waals surface area contributed by atoms with Crippen LogP contribution in [0.1, 0.15) is 47.5 Å². The van der Waals surface area contributed by atoms with Crippen LogP contribution in [0.2, 0.25) is 0 Å². The van der Waals surface area contributed by atoms with Gasteiger partial charge in [-0.05, 0) is 49.9 Å². The number of nitrogens with zero attached hydrogens (tertiary/aromatic N) is 2. The quantitative estimate of drug-likeness (QED) is 0.619. The van der Waals surface area contributed by atoms with Crippen LogP contribution in [0, 0.1) is 19.8 Å². The van der Waals surface area contributed by atoms with E-state index >= 15 is 0 Å². The van der Waals surface area contributed by atoms with E-state index in [9.17, 15) is 4.79 Å². The van der Waals surface area contributed by atoms with Crippen LogP contribution in [0.5, 0.6) is 5.75 Å². The van der Waals surface area contributed by atoms with Gasteiger partial charge < -0.3 is 14.4 Å². The van der Waals surface area contributed by atoms with Crippen molar-refractivity contribution in [1.29, 1.82) is 0 Å². The Labute approximate surface area is 171 Å². The van der Waals surface area contributed by atoms with Gasteiger partial charge in [0.2, 0.25) is 5.91 Å². The van der Waals surface area contributed by atoms with Gasteiger partial charge in [-0.1, -0.05) is 18.9 Å². The second-order valence-electron chi connectivity index (χ2n) is 7.50. The number of benzene rings is 1. The molecule has 0 spiro atoms. The van der Waals surface area contributed by atoms with E-state index in [1.165, 1.54) is 11.1 Å². The molecule has 0 aliphatic heterocycles. The highest BCUT2D eigenvalue weighted by atomic mass is 32.1. The van der Waals surface area contributed by atoms with E-state index in [2.05, 4.69) is 31.0 Å². The highest BCUT2D eigenvalue weighted by Gasteiger charge is 2.27. The molecule has 1 amide bonds. The van der Waals surface area contributed by atoms with Crippen molar-refractivity contribution in [3.05, 3.63) is 45.4 Å². The van der Waals surface area contributed by atoms with Crippen molar-refractivity contribution in [3.63, 3.8) is 0 Å². The first-order valence-corrected chi connectivity index (χ1v) is 10.9. The molecule has 1 fully saturated rings. The summed E-state index contributed by atoms with van der Waals surface area (Å²) in [5, 5.41) is 2.95. The third kappa shape index (κ3) is 5.55. The first kappa shape index (κ1) is 20.8. The molecule has 1 aromatic carbocycles. The average Bonchev–Trinajstić information content (AvgIpc) is 3.37. The van der Waals surface area contributed by atoms with Crippen molar-refractivity contribution < 1.29 is 14.3 Å². The van der Waals surface area contributed by atoms with Crippen LogP contribution in [0.25, 0.3) is 0 Å². The summed E-state index contributed by atoms with van der Waals surface area (Å²) in [7, 11) is 1.67. The first-order chi connectivity index (χ1) is 13.6. The highest BCUT2D eigenvalue weighted by molar-refractivity contribution is 7.09. The number of methoxy groups -OCH3 is 1. The Hall–Kier alpha value is -1.92. The molecule has 1 aliphatic rings. The molecule has 1 aromatic heterocycles. The van der Waals surface area contributed by atoms with Crippen LogP contribution >= 0.6 is 11.3 Å². The van der Waals surface area contributed by atoms with Gasteiger partial charge in [0.25, 0.3) is 0 Å². The zero-order valence-corrected chi connectivity index (χ0v) is 17.9. The van der Waals surface area contributed by atoms with E-state index in [1.807, 2.05) is 16.3 Å². The Balaban J connectivity index is 1.58. The van der Waals surface area contributed by atoms with Crippen molar-refractivity contribution in [1.82, 2.24) is 9.88 Å². The maximum Gasteiger partial charge on any atom is 0.226 e. The minimum absolute atomic E-state index is 0.170. The monoisotopic (exact) mass is 402 g/mol. The Bertz CT molecular complexity index is 784. The van der Waals surface area contributed by atoms with Crippen molar-refractivity contribution in [2.45, 2.75) is 52.7 Å². The maximum atomic E-state index is 12.9. The van der Waals surface area contributed by atoms with Gasteiger partial charge in [-0.3, -0.25) is 4.79 Å². The van der Waals surface area contributed by atoms with Gasteiger partial charge in [-0.2, -0.15) is 0 Å². The molecule has 6 heteroatoms. The molecule has 1 saturated carbocycles. The number of carbonyl (C=O) groups is 1. The molecule has 1 heterocycles. The zero-order chi connectivity index (χ0) is 19.9. The van der Waals surface area contributed by atoms with E-state index in [0.717, 1.165) is 42.1 Å².